The molecule has 3 aromatic carbocycles. The minimum atomic E-state index is -4.56. The van der Waals surface area contributed by atoms with E-state index in [1.54, 1.807) is 12.1 Å². The van der Waals surface area contributed by atoms with E-state index >= 15 is 0 Å². The SMILES string of the molecule is O=C(CSc1nc2ccccc2nc1Cc1ccc(Cl)cc1)Nc1ccccc1C(F)(F)F. The van der Waals surface area contributed by atoms with Crippen LogP contribution in [0.15, 0.2) is 77.8 Å². The average molecular weight is 488 g/mol. The lowest BCUT2D eigenvalue weighted by atomic mass is 10.1. The predicted molar refractivity (Wildman–Crippen MR) is 125 cm³/mol. The van der Waals surface area contributed by atoms with Crippen LogP contribution in [0.4, 0.5) is 18.9 Å². The summed E-state index contributed by atoms with van der Waals surface area (Å²) in [4.78, 5) is 21.8. The molecule has 0 saturated heterocycles. The lowest BCUT2D eigenvalue weighted by Crippen LogP contribution is -2.18. The molecule has 0 radical (unpaired) electrons. The summed E-state index contributed by atoms with van der Waals surface area (Å²) in [6, 6.07) is 19.6. The number of carbonyl (C=O) groups excluding carboxylic acids is 1. The number of rotatable bonds is 6. The number of thioether (sulfide) groups is 1. The molecule has 0 aliphatic heterocycles. The number of nitrogens with zero attached hydrogens (tertiary/aromatic N) is 2. The number of amides is 1. The van der Waals surface area contributed by atoms with Gasteiger partial charge in [-0.3, -0.25) is 4.79 Å². The van der Waals surface area contributed by atoms with Crippen molar-refractivity contribution < 1.29 is 18.0 Å². The topological polar surface area (TPSA) is 54.9 Å². The van der Waals surface area contributed by atoms with E-state index in [-0.39, 0.29) is 11.4 Å². The van der Waals surface area contributed by atoms with Crippen molar-refractivity contribution in [3.63, 3.8) is 0 Å². The molecule has 0 aliphatic rings. The lowest BCUT2D eigenvalue weighted by Gasteiger charge is -2.14. The number of aromatic nitrogens is 2. The van der Waals surface area contributed by atoms with Crippen LogP contribution in [-0.2, 0) is 17.4 Å². The van der Waals surface area contributed by atoms with Gasteiger partial charge >= 0.3 is 6.18 Å². The number of nitrogens with one attached hydrogen (secondary N) is 1. The van der Waals surface area contributed by atoms with E-state index in [9.17, 15) is 18.0 Å². The molecule has 0 fully saturated rings. The normalized spacial score (nSPS) is 11.5. The second kappa shape index (κ2) is 9.80. The summed E-state index contributed by atoms with van der Waals surface area (Å²) in [6.07, 6.45) is -4.09. The molecule has 0 bridgehead atoms. The molecular formula is C24H17ClF3N3OS. The van der Waals surface area contributed by atoms with E-state index < -0.39 is 17.6 Å². The van der Waals surface area contributed by atoms with Crippen LogP contribution in [-0.4, -0.2) is 21.6 Å². The minimum absolute atomic E-state index is 0.118. The van der Waals surface area contributed by atoms with Crippen LogP contribution in [0, 0.1) is 0 Å². The average Bonchev–Trinajstić information content (AvgIpc) is 2.79. The minimum Gasteiger partial charge on any atom is -0.325 e. The smallest absolute Gasteiger partial charge is 0.325 e. The molecule has 0 spiro atoms. The molecule has 4 nitrogen and oxygen atoms in total. The van der Waals surface area contributed by atoms with Gasteiger partial charge in [0.05, 0.1) is 33.7 Å². The molecule has 0 saturated carbocycles. The van der Waals surface area contributed by atoms with Gasteiger partial charge in [-0.15, -0.1) is 0 Å². The number of benzene rings is 3. The van der Waals surface area contributed by atoms with Crippen molar-refractivity contribution >= 4 is 46.0 Å². The van der Waals surface area contributed by atoms with Gasteiger partial charge in [0, 0.05) is 11.4 Å². The fraction of sp³-hybridized carbons (Fsp3) is 0.125. The summed E-state index contributed by atoms with van der Waals surface area (Å²) in [5.74, 6) is -0.684. The van der Waals surface area contributed by atoms with Crippen LogP contribution in [0.25, 0.3) is 11.0 Å². The van der Waals surface area contributed by atoms with Gasteiger partial charge in [-0.2, -0.15) is 13.2 Å². The van der Waals surface area contributed by atoms with Gasteiger partial charge in [0.15, 0.2) is 0 Å². The first-order chi connectivity index (χ1) is 15.8. The second-order valence-electron chi connectivity index (χ2n) is 7.15. The summed E-state index contributed by atoms with van der Waals surface area (Å²) in [5, 5.41) is 3.52. The molecule has 0 atom stereocenters. The van der Waals surface area contributed by atoms with Gasteiger partial charge in [0.1, 0.15) is 5.03 Å². The van der Waals surface area contributed by atoms with Crippen molar-refractivity contribution in [2.75, 3.05) is 11.1 Å². The van der Waals surface area contributed by atoms with Crippen LogP contribution in [0.5, 0.6) is 0 Å². The van der Waals surface area contributed by atoms with E-state index in [1.165, 1.54) is 18.2 Å². The third-order valence-corrected chi connectivity index (χ3v) is 6.00. The monoisotopic (exact) mass is 487 g/mol. The maximum absolute atomic E-state index is 13.2. The molecular weight excluding hydrogens is 471 g/mol. The number of alkyl halides is 3. The predicted octanol–water partition coefficient (Wildman–Crippen LogP) is 6.62. The highest BCUT2D eigenvalue weighted by atomic mass is 35.5. The van der Waals surface area contributed by atoms with Crippen molar-refractivity contribution in [2.24, 2.45) is 0 Å². The molecule has 4 rings (SSSR count). The van der Waals surface area contributed by atoms with Gasteiger partial charge in [0.25, 0.3) is 0 Å². The van der Waals surface area contributed by atoms with Crippen LogP contribution < -0.4 is 5.32 Å². The zero-order chi connectivity index (χ0) is 23.4. The summed E-state index contributed by atoms with van der Waals surface area (Å²) >= 11 is 7.10. The van der Waals surface area contributed by atoms with E-state index in [0.29, 0.717) is 27.7 Å². The van der Waals surface area contributed by atoms with Crippen molar-refractivity contribution in [3.8, 4) is 0 Å². The number of anilines is 1. The number of fused-ring (bicyclic) bond motifs is 1. The highest BCUT2D eigenvalue weighted by Crippen LogP contribution is 2.34. The standard InChI is InChI=1S/C24H17ClF3N3OS/c25-16-11-9-15(10-12-16)13-21-23(31-20-8-4-3-7-19(20)29-21)33-14-22(32)30-18-6-2-1-5-17(18)24(26,27)28/h1-12H,13-14H2,(H,30,32). The van der Waals surface area contributed by atoms with Gasteiger partial charge in [-0.25, -0.2) is 9.97 Å². The maximum Gasteiger partial charge on any atom is 0.418 e. The first kappa shape index (κ1) is 23.1. The number of carbonyl (C=O) groups is 1. The van der Waals surface area contributed by atoms with Crippen molar-refractivity contribution in [3.05, 3.63) is 94.6 Å². The molecule has 4 aromatic rings. The van der Waals surface area contributed by atoms with Crippen LogP contribution in [0.1, 0.15) is 16.8 Å². The van der Waals surface area contributed by atoms with Crippen molar-refractivity contribution in [1.29, 1.82) is 0 Å². The Morgan fingerprint density at radius 2 is 1.55 bits per heavy atom. The molecule has 1 amide bonds. The quantitative estimate of drug-likeness (QED) is 0.310. The highest BCUT2D eigenvalue weighted by molar-refractivity contribution is 8.00. The third-order valence-electron chi connectivity index (χ3n) is 4.74. The Hall–Kier alpha value is -3.10. The molecule has 1 aromatic heterocycles. The largest absolute Gasteiger partial charge is 0.418 e. The van der Waals surface area contributed by atoms with E-state index in [2.05, 4.69) is 10.3 Å². The Bertz CT molecular complexity index is 1300. The van der Waals surface area contributed by atoms with Crippen LogP contribution in [0.3, 0.4) is 0 Å². The van der Waals surface area contributed by atoms with E-state index in [4.69, 9.17) is 16.6 Å². The van der Waals surface area contributed by atoms with Gasteiger partial charge in [-0.1, -0.05) is 59.8 Å². The Kier molecular flexibility index (Phi) is 6.85. The van der Waals surface area contributed by atoms with Gasteiger partial charge < -0.3 is 5.32 Å². The number of para-hydroxylation sites is 3. The first-order valence-electron chi connectivity index (χ1n) is 9.88. The van der Waals surface area contributed by atoms with E-state index in [1.807, 2.05) is 36.4 Å². The fourth-order valence-corrected chi connectivity index (χ4v) is 4.12. The number of hydrogen-bond acceptors (Lipinski definition) is 4. The maximum atomic E-state index is 13.2. The Balaban J connectivity index is 1.55. The first-order valence-corrected chi connectivity index (χ1v) is 11.2. The fourth-order valence-electron chi connectivity index (χ4n) is 3.21. The van der Waals surface area contributed by atoms with Gasteiger partial charge in [-0.05, 0) is 42.0 Å². The Labute approximate surface area is 197 Å². The highest BCUT2D eigenvalue weighted by Gasteiger charge is 2.33. The van der Waals surface area contributed by atoms with Gasteiger partial charge in [0.2, 0.25) is 5.91 Å². The zero-order valence-electron chi connectivity index (χ0n) is 17.1. The lowest BCUT2D eigenvalue weighted by molar-refractivity contribution is -0.137. The Morgan fingerprint density at radius 1 is 0.909 bits per heavy atom. The molecule has 9 heteroatoms. The third kappa shape index (κ3) is 5.83. The molecule has 0 unspecified atom stereocenters. The van der Waals surface area contributed by atoms with Crippen LogP contribution >= 0.6 is 23.4 Å². The Morgan fingerprint density at radius 3 is 2.24 bits per heavy atom. The molecule has 168 valence electrons. The zero-order valence-corrected chi connectivity index (χ0v) is 18.6. The van der Waals surface area contributed by atoms with Crippen molar-refractivity contribution in [1.82, 2.24) is 9.97 Å². The summed E-state index contributed by atoms with van der Waals surface area (Å²) in [6.45, 7) is 0. The number of hydrogen-bond donors (Lipinski definition) is 1. The van der Waals surface area contributed by atoms with E-state index in [0.717, 1.165) is 28.9 Å². The van der Waals surface area contributed by atoms with Crippen molar-refractivity contribution in [2.45, 2.75) is 17.6 Å². The summed E-state index contributed by atoms with van der Waals surface area (Å²) in [7, 11) is 0. The summed E-state index contributed by atoms with van der Waals surface area (Å²) in [5.41, 5.74) is 1.86. The summed E-state index contributed by atoms with van der Waals surface area (Å²) < 4.78 is 39.6. The second-order valence-corrected chi connectivity index (χ2v) is 8.55. The van der Waals surface area contributed by atoms with Crippen LogP contribution in [0.2, 0.25) is 5.02 Å². The molecule has 1 N–H and O–H groups in total. The molecule has 0 aliphatic carbocycles. The molecule has 33 heavy (non-hydrogen) atoms. The number of halogens is 4. The molecule has 1 heterocycles.